The van der Waals surface area contributed by atoms with Gasteiger partial charge in [-0.15, -0.1) is 0 Å². The molecule has 1 heterocycles. The van der Waals surface area contributed by atoms with E-state index in [9.17, 15) is 5.11 Å². The van der Waals surface area contributed by atoms with Crippen molar-refractivity contribution in [1.82, 2.24) is 4.90 Å². The van der Waals surface area contributed by atoms with Gasteiger partial charge in [0.15, 0.2) is 0 Å². The number of piperidine rings is 1. The molecular formula is C10H22N2O. The van der Waals surface area contributed by atoms with Gasteiger partial charge in [-0.3, -0.25) is 0 Å². The normalized spacial score (nSPS) is 42.2. The van der Waals surface area contributed by atoms with E-state index in [2.05, 4.69) is 25.8 Å². The predicted molar refractivity (Wildman–Crippen MR) is 54.5 cm³/mol. The summed E-state index contributed by atoms with van der Waals surface area (Å²) in [6.07, 6.45) is 1.58. The Morgan fingerprint density at radius 1 is 1.54 bits per heavy atom. The molecule has 0 saturated carbocycles. The van der Waals surface area contributed by atoms with Crippen LogP contribution in [-0.2, 0) is 0 Å². The van der Waals surface area contributed by atoms with Gasteiger partial charge in [0.25, 0.3) is 0 Å². The SMILES string of the molecule is CC1CC(O)(CCN)C(C)CN1C. The molecular weight excluding hydrogens is 164 g/mol. The quantitative estimate of drug-likeness (QED) is 0.657. The molecule has 1 aliphatic rings. The Bertz CT molecular complexity index is 174. The molecule has 1 rings (SSSR count). The minimum absolute atomic E-state index is 0.331. The molecule has 1 fully saturated rings. The second kappa shape index (κ2) is 3.95. The Balaban J connectivity index is 2.64. The lowest BCUT2D eigenvalue weighted by molar-refractivity contribution is -0.0819. The van der Waals surface area contributed by atoms with E-state index in [1.54, 1.807) is 0 Å². The monoisotopic (exact) mass is 186 g/mol. The van der Waals surface area contributed by atoms with E-state index in [1.165, 1.54) is 0 Å². The van der Waals surface area contributed by atoms with Crippen molar-refractivity contribution in [1.29, 1.82) is 0 Å². The minimum atomic E-state index is -0.527. The molecule has 3 nitrogen and oxygen atoms in total. The van der Waals surface area contributed by atoms with Gasteiger partial charge in [0.2, 0.25) is 0 Å². The van der Waals surface area contributed by atoms with Crippen LogP contribution in [0.25, 0.3) is 0 Å². The number of hydrogen-bond donors (Lipinski definition) is 2. The Hall–Kier alpha value is -0.120. The van der Waals surface area contributed by atoms with Crippen LogP contribution in [0.4, 0.5) is 0 Å². The van der Waals surface area contributed by atoms with Crippen molar-refractivity contribution in [3.05, 3.63) is 0 Å². The number of aliphatic hydroxyl groups is 1. The first-order valence-corrected chi connectivity index (χ1v) is 5.12. The van der Waals surface area contributed by atoms with Crippen molar-refractivity contribution in [3.63, 3.8) is 0 Å². The molecule has 1 aliphatic heterocycles. The van der Waals surface area contributed by atoms with Crippen molar-refractivity contribution in [3.8, 4) is 0 Å². The molecule has 3 heteroatoms. The van der Waals surface area contributed by atoms with Crippen molar-refractivity contribution >= 4 is 0 Å². The van der Waals surface area contributed by atoms with E-state index in [1.807, 2.05) is 0 Å². The summed E-state index contributed by atoms with van der Waals surface area (Å²) >= 11 is 0. The molecule has 0 radical (unpaired) electrons. The Kier molecular flexibility index (Phi) is 3.33. The average Bonchev–Trinajstić information content (AvgIpc) is 2.02. The molecule has 3 unspecified atom stereocenters. The van der Waals surface area contributed by atoms with Gasteiger partial charge in [-0.2, -0.15) is 0 Å². The van der Waals surface area contributed by atoms with Gasteiger partial charge >= 0.3 is 0 Å². The first-order chi connectivity index (χ1) is 5.99. The Morgan fingerprint density at radius 2 is 2.15 bits per heavy atom. The lowest BCUT2D eigenvalue weighted by Gasteiger charge is -2.45. The smallest absolute Gasteiger partial charge is 0.0712 e. The third-order valence-electron chi connectivity index (χ3n) is 3.46. The molecule has 13 heavy (non-hydrogen) atoms. The highest BCUT2D eigenvalue weighted by atomic mass is 16.3. The third-order valence-corrected chi connectivity index (χ3v) is 3.46. The molecule has 0 spiro atoms. The van der Waals surface area contributed by atoms with Crippen LogP contribution in [0.15, 0.2) is 0 Å². The number of rotatable bonds is 2. The van der Waals surface area contributed by atoms with Crippen molar-refractivity contribution < 1.29 is 5.11 Å². The topological polar surface area (TPSA) is 49.5 Å². The maximum absolute atomic E-state index is 10.3. The summed E-state index contributed by atoms with van der Waals surface area (Å²) in [5.41, 5.74) is 4.99. The first kappa shape index (κ1) is 11.0. The minimum Gasteiger partial charge on any atom is -0.389 e. The summed E-state index contributed by atoms with van der Waals surface area (Å²) in [7, 11) is 2.11. The maximum Gasteiger partial charge on any atom is 0.0712 e. The zero-order valence-electron chi connectivity index (χ0n) is 8.95. The maximum atomic E-state index is 10.3. The highest BCUT2D eigenvalue weighted by Gasteiger charge is 2.39. The van der Waals surface area contributed by atoms with Gasteiger partial charge in [-0.05, 0) is 39.3 Å². The summed E-state index contributed by atoms with van der Waals surface area (Å²) in [5.74, 6) is 0.331. The van der Waals surface area contributed by atoms with Crippen LogP contribution >= 0.6 is 0 Å². The number of hydrogen-bond acceptors (Lipinski definition) is 3. The molecule has 0 aromatic carbocycles. The highest BCUT2D eigenvalue weighted by Crippen LogP contribution is 2.32. The Morgan fingerprint density at radius 3 is 2.69 bits per heavy atom. The molecule has 1 saturated heterocycles. The van der Waals surface area contributed by atoms with Gasteiger partial charge in [0.1, 0.15) is 0 Å². The third kappa shape index (κ3) is 2.22. The average molecular weight is 186 g/mol. The Labute approximate surface area is 80.9 Å². The molecule has 0 bridgehead atoms. The summed E-state index contributed by atoms with van der Waals surface area (Å²) in [6.45, 7) is 5.82. The van der Waals surface area contributed by atoms with Crippen LogP contribution in [0, 0.1) is 5.92 Å². The van der Waals surface area contributed by atoms with Gasteiger partial charge in [-0.25, -0.2) is 0 Å². The summed E-state index contributed by atoms with van der Waals surface area (Å²) in [5, 5.41) is 10.3. The molecule has 0 aromatic rings. The van der Waals surface area contributed by atoms with Crippen LogP contribution in [-0.4, -0.2) is 41.8 Å². The molecule has 3 N–H and O–H groups in total. The summed E-state index contributed by atoms with van der Waals surface area (Å²) in [6, 6.07) is 0.466. The van der Waals surface area contributed by atoms with E-state index in [0.717, 1.165) is 19.4 Å². The second-order valence-corrected chi connectivity index (χ2v) is 4.54. The van der Waals surface area contributed by atoms with Crippen LogP contribution in [0.3, 0.4) is 0 Å². The lowest BCUT2D eigenvalue weighted by atomic mass is 9.77. The fourth-order valence-electron chi connectivity index (χ4n) is 2.25. The van der Waals surface area contributed by atoms with Gasteiger partial charge in [0, 0.05) is 12.6 Å². The molecule has 78 valence electrons. The summed E-state index contributed by atoms with van der Waals surface area (Å²) in [4.78, 5) is 2.30. The van der Waals surface area contributed by atoms with Gasteiger partial charge in [0.05, 0.1) is 5.60 Å². The van der Waals surface area contributed by atoms with Gasteiger partial charge < -0.3 is 15.7 Å². The van der Waals surface area contributed by atoms with Crippen LogP contribution in [0.5, 0.6) is 0 Å². The van der Waals surface area contributed by atoms with Crippen LogP contribution in [0.2, 0.25) is 0 Å². The standard InChI is InChI=1S/C10H22N2O/c1-8-7-12(3)9(2)6-10(8,13)4-5-11/h8-9,13H,4-7,11H2,1-3H3. The van der Waals surface area contributed by atoms with Crippen molar-refractivity contribution in [2.24, 2.45) is 11.7 Å². The zero-order chi connectivity index (χ0) is 10.1. The van der Waals surface area contributed by atoms with Crippen LogP contribution in [0.1, 0.15) is 26.7 Å². The molecule has 0 aliphatic carbocycles. The highest BCUT2D eigenvalue weighted by molar-refractivity contribution is 4.93. The lowest BCUT2D eigenvalue weighted by Crippen LogP contribution is -2.54. The van der Waals surface area contributed by atoms with E-state index < -0.39 is 5.60 Å². The van der Waals surface area contributed by atoms with E-state index >= 15 is 0 Å². The number of likely N-dealkylation sites (tertiary alicyclic amines) is 1. The number of nitrogens with zero attached hydrogens (tertiary/aromatic N) is 1. The van der Waals surface area contributed by atoms with Crippen LogP contribution < -0.4 is 5.73 Å². The van der Waals surface area contributed by atoms with E-state index in [-0.39, 0.29) is 0 Å². The van der Waals surface area contributed by atoms with E-state index in [4.69, 9.17) is 5.73 Å². The van der Waals surface area contributed by atoms with Crippen molar-refractivity contribution in [2.75, 3.05) is 20.1 Å². The fourth-order valence-corrected chi connectivity index (χ4v) is 2.25. The number of nitrogens with two attached hydrogens (primary N) is 1. The van der Waals surface area contributed by atoms with Crippen molar-refractivity contribution in [2.45, 2.75) is 38.3 Å². The molecule has 3 atom stereocenters. The fraction of sp³-hybridized carbons (Fsp3) is 1.00. The summed E-state index contributed by atoms with van der Waals surface area (Å²) < 4.78 is 0. The zero-order valence-corrected chi connectivity index (χ0v) is 8.95. The largest absolute Gasteiger partial charge is 0.389 e. The molecule has 0 amide bonds. The molecule has 0 aromatic heterocycles. The van der Waals surface area contributed by atoms with Gasteiger partial charge in [-0.1, -0.05) is 6.92 Å². The first-order valence-electron chi connectivity index (χ1n) is 5.12. The van der Waals surface area contributed by atoms with E-state index in [0.29, 0.717) is 18.5 Å². The predicted octanol–water partition coefficient (Wildman–Crippen LogP) is 0.426. The second-order valence-electron chi connectivity index (χ2n) is 4.54.